The molecule has 0 saturated carbocycles. The first-order valence-corrected chi connectivity index (χ1v) is 13.7. The first kappa shape index (κ1) is 30.0. The Balaban J connectivity index is 1.80. The second-order valence-corrected chi connectivity index (χ2v) is 15.4. The molecule has 0 spiro atoms. The van der Waals surface area contributed by atoms with E-state index >= 15 is 0 Å². The third-order valence-electron chi connectivity index (χ3n) is 9.34. The van der Waals surface area contributed by atoms with Gasteiger partial charge in [0.05, 0.1) is 53.4 Å². The molecule has 34 heavy (non-hydrogen) atoms. The van der Waals surface area contributed by atoms with E-state index in [1.807, 2.05) is 0 Å². The van der Waals surface area contributed by atoms with E-state index in [-0.39, 0.29) is 22.2 Å². The van der Waals surface area contributed by atoms with Gasteiger partial charge in [0.2, 0.25) is 0 Å². The van der Waals surface area contributed by atoms with E-state index < -0.39 is 0 Å². The molecule has 0 unspecified atom stereocenters. The van der Waals surface area contributed by atoms with Gasteiger partial charge in [-0.15, -0.1) is 20.5 Å². The van der Waals surface area contributed by atoms with Gasteiger partial charge in [-0.05, 0) is 81.1 Å². The van der Waals surface area contributed by atoms with E-state index in [1.54, 1.807) is 0 Å². The zero-order chi connectivity index (χ0) is 26.4. The van der Waals surface area contributed by atoms with Gasteiger partial charge in [-0.3, -0.25) is 0 Å². The van der Waals surface area contributed by atoms with Crippen LogP contribution < -0.4 is 0 Å². The molecule has 0 bridgehead atoms. The summed E-state index contributed by atoms with van der Waals surface area (Å²) < 4.78 is 2.03. The van der Waals surface area contributed by atoms with Crippen LogP contribution in [0.3, 0.4) is 0 Å². The molecule has 6 nitrogen and oxygen atoms in total. The van der Waals surface area contributed by atoms with Crippen molar-refractivity contribution in [2.45, 2.75) is 141 Å². The fraction of sp³-hybridized carbons (Fsp3) is 1.00. The van der Waals surface area contributed by atoms with Crippen LogP contribution in [-0.4, -0.2) is 94.6 Å². The molecule has 0 N–H and O–H groups in total. The molecule has 2 rings (SSSR count). The summed E-state index contributed by atoms with van der Waals surface area (Å²) in [6.45, 7) is 19.2. The smallest absolute Gasteiger partial charge is 0.0923 e. The molecule has 2 heterocycles. The molecular formula is C28H58N4O2+2. The molecule has 0 aromatic rings. The Bertz CT molecular complexity index is 590. The van der Waals surface area contributed by atoms with Gasteiger partial charge >= 0.3 is 0 Å². The van der Waals surface area contributed by atoms with Gasteiger partial charge in [0.15, 0.2) is 0 Å². The maximum atomic E-state index is 12.7. The van der Waals surface area contributed by atoms with Crippen molar-refractivity contribution in [1.82, 2.24) is 10.1 Å². The number of unbranched alkanes of at least 4 members (excludes halogenated alkanes) is 3. The molecule has 2 radical (unpaired) electrons. The van der Waals surface area contributed by atoms with Gasteiger partial charge in [-0.25, -0.2) is 0 Å². The zero-order valence-electron chi connectivity index (χ0n) is 24.8. The molecule has 2 aliphatic heterocycles. The lowest BCUT2D eigenvalue weighted by Gasteiger charge is -2.53. The first-order valence-electron chi connectivity index (χ1n) is 13.7. The predicted octanol–water partition coefficient (Wildman–Crippen LogP) is 5.43. The van der Waals surface area contributed by atoms with Gasteiger partial charge in [0.1, 0.15) is 0 Å². The third-order valence-corrected chi connectivity index (χ3v) is 9.34. The van der Waals surface area contributed by atoms with Crippen LogP contribution in [0.15, 0.2) is 0 Å². The maximum Gasteiger partial charge on any atom is 0.0923 e. The summed E-state index contributed by atoms with van der Waals surface area (Å²) in [5, 5.41) is 28.2. The minimum absolute atomic E-state index is 0.295. The van der Waals surface area contributed by atoms with Crippen molar-refractivity contribution in [2.75, 3.05) is 41.3 Å². The Morgan fingerprint density at radius 3 is 1.00 bits per heavy atom. The van der Waals surface area contributed by atoms with Gasteiger partial charge in [-0.1, -0.05) is 0 Å². The predicted molar refractivity (Wildman–Crippen MR) is 140 cm³/mol. The highest BCUT2D eigenvalue weighted by atomic mass is 16.5. The van der Waals surface area contributed by atoms with E-state index in [1.165, 1.54) is 48.9 Å². The molecule has 0 amide bonds. The molecule has 200 valence electrons. The molecule has 0 aromatic heterocycles. The highest BCUT2D eigenvalue weighted by molar-refractivity contribution is 4.97. The van der Waals surface area contributed by atoms with Gasteiger partial charge < -0.3 is 8.97 Å². The fourth-order valence-electron chi connectivity index (χ4n) is 7.17. The molecule has 0 aromatic carbocycles. The summed E-state index contributed by atoms with van der Waals surface area (Å²) in [4.78, 5) is 0. The van der Waals surface area contributed by atoms with E-state index in [9.17, 15) is 10.4 Å². The van der Waals surface area contributed by atoms with Crippen LogP contribution in [0, 0.1) is 0 Å². The minimum Gasteiger partial charge on any atom is -0.326 e. The number of hydrogen-bond donors (Lipinski definition) is 0. The van der Waals surface area contributed by atoms with Crippen molar-refractivity contribution in [2.24, 2.45) is 0 Å². The molecular weight excluding hydrogens is 424 g/mol. The van der Waals surface area contributed by atoms with Crippen LogP contribution in [0.1, 0.15) is 107 Å². The summed E-state index contributed by atoms with van der Waals surface area (Å²) in [6.07, 6.45) is 8.89. The Kier molecular flexibility index (Phi) is 8.74. The number of hydroxylamine groups is 4. The van der Waals surface area contributed by atoms with Gasteiger partial charge in [0.25, 0.3) is 0 Å². The van der Waals surface area contributed by atoms with Gasteiger partial charge in [0, 0.05) is 47.8 Å². The fourth-order valence-corrected chi connectivity index (χ4v) is 7.17. The SMILES string of the molecule is CC1(C)CC([N+](C)(C)CCCCCC[N+](C)(C)C2CC(C)(C)N([O])C(C)(C)C2)CC(C)(C)N1[O]. The van der Waals surface area contributed by atoms with E-state index in [0.29, 0.717) is 12.1 Å². The first-order chi connectivity index (χ1) is 15.1. The average Bonchev–Trinajstić information content (AvgIpc) is 2.65. The van der Waals surface area contributed by atoms with Crippen LogP contribution >= 0.6 is 0 Å². The van der Waals surface area contributed by atoms with Crippen molar-refractivity contribution in [1.29, 1.82) is 0 Å². The molecule has 6 heteroatoms. The highest BCUT2D eigenvalue weighted by Crippen LogP contribution is 2.41. The number of quaternary nitrogens is 2. The molecule has 2 fully saturated rings. The lowest BCUT2D eigenvalue weighted by Crippen LogP contribution is -2.65. The Morgan fingerprint density at radius 2 is 0.765 bits per heavy atom. The Hall–Kier alpha value is -0.240. The van der Waals surface area contributed by atoms with Crippen LogP contribution in [0.4, 0.5) is 0 Å². The number of rotatable bonds is 9. The number of nitrogens with zero attached hydrogens (tertiary/aromatic N) is 4. The Labute approximate surface area is 212 Å². The van der Waals surface area contributed by atoms with Crippen LogP contribution in [0.25, 0.3) is 0 Å². The van der Waals surface area contributed by atoms with E-state index in [0.717, 1.165) is 34.6 Å². The van der Waals surface area contributed by atoms with E-state index in [2.05, 4.69) is 83.6 Å². The van der Waals surface area contributed by atoms with Crippen molar-refractivity contribution >= 4 is 0 Å². The summed E-state index contributed by atoms with van der Waals surface area (Å²) in [7, 11) is 9.46. The molecule has 2 saturated heterocycles. The number of hydrogen-bond acceptors (Lipinski definition) is 2. The quantitative estimate of drug-likeness (QED) is 0.325. The number of piperidine rings is 2. The lowest BCUT2D eigenvalue weighted by molar-refractivity contribution is -0.919. The highest BCUT2D eigenvalue weighted by Gasteiger charge is 2.52. The topological polar surface area (TPSA) is 46.3 Å². The lowest BCUT2D eigenvalue weighted by atomic mass is 9.77. The second kappa shape index (κ2) is 9.90. The standard InChI is InChI=1S/C28H58N4O2/c1-25(2)19-23(20-26(3,4)29(25)33)31(9,10)17-15-13-14-16-18-32(11,12)24-21-27(5,6)30(34)28(7,8)22-24/h23-24H,13-22H2,1-12H3/q+2. The summed E-state index contributed by atoms with van der Waals surface area (Å²) in [5.41, 5.74) is -1.18. The second-order valence-electron chi connectivity index (χ2n) is 15.4. The molecule has 2 aliphatic rings. The maximum absolute atomic E-state index is 12.7. The van der Waals surface area contributed by atoms with Crippen molar-refractivity contribution < 1.29 is 19.4 Å². The Morgan fingerprint density at radius 1 is 0.529 bits per heavy atom. The molecule has 0 aliphatic carbocycles. The van der Waals surface area contributed by atoms with Crippen LogP contribution in [0.2, 0.25) is 0 Å². The van der Waals surface area contributed by atoms with E-state index in [4.69, 9.17) is 0 Å². The average molecular weight is 483 g/mol. The van der Waals surface area contributed by atoms with Crippen molar-refractivity contribution in [3.8, 4) is 0 Å². The van der Waals surface area contributed by atoms with Crippen LogP contribution in [-0.2, 0) is 10.4 Å². The summed E-state index contributed by atoms with van der Waals surface area (Å²) in [6, 6.07) is 1.06. The third kappa shape index (κ3) is 6.74. The van der Waals surface area contributed by atoms with Crippen molar-refractivity contribution in [3.05, 3.63) is 0 Å². The zero-order valence-corrected chi connectivity index (χ0v) is 24.8. The van der Waals surface area contributed by atoms with Crippen molar-refractivity contribution in [3.63, 3.8) is 0 Å². The van der Waals surface area contributed by atoms with Gasteiger partial charge in [-0.2, -0.15) is 0 Å². The largest absolute Gasteiger partial charge is 0.326 e. The molecule has 0 atom stereocenters. The summed E-state index contributed by atoms with van der Waals surface area (Å²) in [5.74, 6) is 0. The summed E-state index contributed by atoms with van der Waals surface area (Å²) >= 11 is 0. The monoisotopic (exact) mass is 482 g/mol. The normalized spacial score (nSPS) is 26.6. The minimum atomic E-state index is -0.295. The van der Waals surface area contributed by atoms with Crippen LogP contribution in [0.5, 0.6) is 0 Å².